The minimum Gasteiger partial charge on any atom is -0.383 e. The molecule has 2 atom stereocenters. The van der Waals surface area contributed by atoms with Gasteiger partial charge in [0.2, 0.25) is 0 Å². The number of anilines is 1. The molecule has 1 saturated heterocycles. The third kappa shape index (κ3) is 4.36. The second kappa shape index (κ2) is 8.77. The molecule has 2 amide bonds. The number of nitrogens with two attached hydrogens (primary N) is 1. The van der Waals surface area contributed by atoms with Gasteiger partial charge in [0.25, 0.3) is 0 Å². The Balaban J connectivity index is 1.36. The zero-order valence-electron chi connectivity index (χ0n) is 19.3. The van der Waals surface area contributed by atoms with Gasteiger partial charge in [-0.25, -0.2) is 14.2 Å². The lowest BCUT2D eigenvalue weighted by atomic mass is 9.96. The van der Waals surface area contributed by atoms with Gasteiger partial charge in [-0.05, 0) is 36.8 Å². The first kappa shape index (κ1) is 24.0. The number of fused-ring (bicyclic) bond motifs is 2. The molecular formula is C24H24F4N6O2. The van der Waals surface area contributed by atoms with Crippen molar-refractivity contribution in [1.29, 1.82) is 0 Å². The van der Waals surface area contributed by atoms with E-state index in [-0.39, 0.29) is 30.0 Å². The molecule has 5 rings (SSSR count). The molecule has 12 heteroatoms. The first-order chi connectivity index (χ1) is 17.1. The van der Waals surface area contributed by atoms with E-state index in [1.807, 2.05) is 6.92 Å². The summed E-state index contributed by atoms with van der Waals surface area (Å²) < 4.78 is 61.0. The minimum absolute atomic E-state index is 0.189. The number of hydrogen-bond donors (Lipinski definition) is 2. The molecule has 1 fully saturated rings. The minimum atomic E-state index is -4.64. The molecule has 0 saturated carbocycles. The van der Waals surface area contributed by atoms with Crippen LogP contribution < -0.4 is 11.1 Å². The molecule has 0 radical (unpaired) electrons. The second-order valence-electron chi connectivity index (χ2n) is 9.03. The number of likely N-dealkylation sites (tertiary alicyclic amines) is 1. The second-order valence-corrected chi connectivity index (χ2v) is 9.03. The number of alkyl halides is 3. The Morgan fingerprint density at radius 1 is 1.22 bits per heavy atom. The number of nitrogens with zero attached hydrogens (tertiary/aromatic N) is 4. The molecule has 0 bridgehead atoms. The zero-order valence-corrected chi connectivity index (χ0v) is 19.3. The lowest BCUT2D eigenvalue weighted by Crippen LogP contribution is -2.44. The molecule has 8 nitrogen and oxygen atoms in total. The van der Waals surface area contributed by atoms with Crippen LogP contribution >= 0.6 is 0 Å². The zero-order chi connectivity index (χ0) is 25.7. The van der Waals surface area contributed by atoms with Crippen molar-refractivity contribution in [2.75, 3.05) is 25.4 Å². The molecule has 2 aliphatic heterocycles. The number of benzene rings is 1. The number of carbonyl (C=O) groups excluding carboxylic acids is 1. The number of ether oxygens (including phenoxy) is 1. The average molecular weight is 504 g/mol. The Labute approximate surface area is 204 Å². The predicted octanol–water partition coefficient (Wildman–Crippen LogP) is 4.09. The molecule has 36 heavy (non-hydrogen) atoms. The van der Waals surface area contributed by atoms with E-state index in [1.54, 1.807) is 27.8 Å². The Hall–Kier alpha value is -3.67. The van der Waals surface area contributed by atoms with Crippen LogP contribution in [0, 0.1) is 5.82 Å². The Kier molecular flexibility index (Phi) is 5.86. The lowest BCUT2D eigenvalue weighted by molar-refractivity contribution is -0.137. The number of hydrogen-bond acceptors (Lipinski definition) is 5. The number of aromatic nitrogens is 3. The van der Waals surface area contributed by atoms with Gasteiger partial charge in [0, 0.05) is 24.7 Å². The first-order valence-electron chi connectivity index (χ1n) is 11.4. The summed E-state index contributed by atoms with van der Waals surface area (Å²) in [5, 5.41) is 7.42. The molecule has 2 aliphatic rings. The van der Waals surface area contributed by atoms with Crippen LogP contribution in [0.15, 0.2) is 42.6 Å². The van der Waals surface area contributed by atoms with Gasteiger partial charge in [0.15, 0.2) is 0 Å². The standard InChI is InChI=1S/C24H24F4N6O2/c1-14(15-2-4-17(25)5-3-15)31-22(35)33-7-6-23(13-33)20-11-19(32-34(20)8-9-36-23)16-10-18(24(26,27)28)21(29)30-12-16/h2-5,10-12,14H,6-9,13H2,1H3,(H2,29,30)(H,31,35)/t14-,23?/m1/s1. The van der Waals surface area contributed by atoms with Crippen molar-refractivity contribution < 1.29 is 27.1 Å². The van der Waals surface area contributed by atoms with Gasteiger partial charge in [-0.1, -0.05) is 12.1 Å². The van der Waals surface area contributed by atoms with Crippen LogP contribution in [0.4, 0.5) is 28.2 Å². The first-order valence-corrected chi connectivity index (χ1v) is 11.4. The normalized spacial score (nSPS) is 20.4. The topological polar surface area (TPSA) is 98.3 Å². The van der Waals surface area contributed by atoms with Gasteiger partial charge in [0.1, 0.15) is 17.2 Å². The summed E-state index contributed by atoms with van der Waals surface area (Å²) in [6, 6.07) is 7.92. The Bertz CT molecular complexity index is 1290. The number of amides is 2. The van der Waals surface area contributed by atoms with Gasteiger partial charge in [-0.2, -0.15) is 18.3 Å². The van der Waals surface area contributed by atoms with E-state index >= 15 is 0 Å². The number of nitrogen functional groups attached to an aromatic ring is 1. The van der Waals surface area contributed by atoms with Crippen LogP contribution in [0.5, 0.6) is 0 Å². The summed E-state index contributed by atoms with van der Waals surface area (Å²) in [5.41, 5.74) is 5.56. The van der Waals surface area contributed by atoms with E-state index in [4.69, 9.17) is 10.5 Å². The number of urea groups is 1. The molecule has 3 aromatic rings. The van der Waals surface area contributed by atoms with Crippen LogP contribution in [0.25, 0.3) is 11.3 Å². The van der Waals surface area contributed by atoms with Gasteiger partial charge in [-0.3, -0.25) is 4.68 Å². The largest absolute Gasteiger partial charge is 0.419 e. The van der Waals surface area contributed by atoms with E-state index in [2.05, 4.69) is 15.4 Å². The summed E-state index contributed by atoms with van der Waals surface area (Å²) in [7, 11) is 0. The van der Waals surface area contributed by atoms with Crippen LogP contribution in [0.1, 0.15) is 36.2 Å². The highest BCUT2D eigenvalue weighted by Gasteiger charge is 2.47. The van der Waals surface area contributed by atoms with Gasteiger partial charge >= 0.3 is 12.2 Å². The fraction of sp³-hybridized carbons (Fsp3) is 0.375. The van der Waals surface area contributed by atoms with Crippen molar-refractivity contribution in [3.63, 3.8) is 0 Å². The maximum atomic E-state index is 13.3. The molecule has 3 N–H and O–H groups in total. The smallest absolute Gasteiger partial charge is 0.383 e. The molecule has 1 unspecified atom stereocenters. The molecule has 190 valence electrons. The van der Waals surface area contributed by atoms with Crippen LogP contribution in [-0.2, 0) is 23.1 Å². The van der Waals surface area contributed by atoms with Crippen molar-refractivity contribution in [2.45, 2.75) is 37.7 Å². The molecule has 4 heterocycles. The third-order valence-electron chi connectivity index (χ3n) is 6.68. The summed E-state index contributed by atoms with van der Waals surface area (Å²) in [5.74, 6) is -0.948. The average Bonchev–Trinajstić information content (AvgIpc) is 3.45. The number of pyridine rings is 1. The van der Waals surface area contributed by atoms with Crippen LogP contribution in [-0.4, -0.2) is 45.4 Å². The highest BCUT2D eigenvalue weighted by atomic mass is 19.4. The van der Waals surface area contributed by atoms with Crippen molar-refractivity contribution in [1.82, 2.24) is 25.0 Å². The van der Waals surface area contributed by atoms with Crippen molar-refractivity contribution in [2.24, 2.45) is 0 Å². The van der Waals surface area contributed by atoms with Gasteiger partial charge < -0.3 is 20.7 Å². The molecule has 1 aromatic carbocycles. The SMILES string of the molecule is C[C@@H](NC(=O)N1CCC2(C1)OCCn1nc(-c3cnc(N)c(C(F)(F)F)c3)cc12)c1ccc(F)cc1. The molecule has 2 aromatic heterocycles. The van der Waals surface area contributed by atoms with E-state index in [1.165, 1.54) is 18.3 Å². The highest BCUT2D eigenvalue weighted by molar-refractivity contribution is 5.75. The van der Waals surface area contributed by atoms with Crippen LogP contribution in [0.3, 0.4) is 0 Å². The Morgan fingerprint density at radius 3 is 2.69 bits per heavy atom. The van der Waals surface area contributed by atoms with Crippen molar-refractivity contribution in [3.05, 3.63) is 65.2 Å². The fourth-order valence-corrected chi connectivity index (χ4v) is 4.73. The van der Waals surface area contributed by atoms with Gasteiger partial charge in [-0.15, -0.1) is 0 Å². The highest BCUT2D eigenvalue weighted by Crippen LogP contribution is 2.41. The summed E-state index contributed by atoms with van der Waals surface area (Å²) in [4.78, 5) is 18.3. The molecule has 1 spiro atoms. The maximum Gasteiger partial charge on any atom is 0.419 e. The van der Waals surface area contributed by atoms with Crippen molar-refractivity contribution >= 4 is 11.8 Å². The monoisotopic (exact) mass is 504 g/mol. The summed E-state index contributed by atoms with van der Waals surface area (Å²) in [6.45, 7) is 3.27. The quantitative estimate of drug-likeness (QED) is 0.524. The van der Waals surface area contributed by atoms with E-state index < -0.39 is 23.2 Å². The van der Waals surface area contributed by atoms with Gasteiger partial charge in [0.05, 0.1) is 42.7 Å². The number of nitrogens with one attached hydrogen (secondary N) is 1. The number of halogens is 4. The summed E-state index contributed by atoms with van der Waals surface area (Å²) in [6.07, 6.45) is -2.87. The molecule has 0 aliphatic carbocycles. The predicted molar refractivity (Wildman–Crippen MR) is 122 cm³/mol. The number of rotatable bonds is 3. The fourth-order valence-electron chi connectivity index (χ4n) is 4.73. The van der Waals surface area contributed by atoms with E-state index in [0.717, 1.165) is 11.6 Å². The Morgan fingerprint density at radius 2 is 1.97 bits per heavy atom. The lowest BCUT2D eigenvalue weighted by Gasteiger charge is -2.34. The van der Waals surface area contributed by atoms with E-state index in [9.17, 15) is 22.4 Å². The summed E-state index contributed by atoms with van der Waals surface area (Å²) >= 11 is 0. The van der Waals surface area contributed by atoms with Crippen molar-refractivity contribution in [3.8, 4) is 11.3 Å². The third-order valence-corrected chi connectivity index (χ3v) is 6.68. The van der Waals surface area contributed by atoms with Crippen LogP contribution in [0.2, 0.25) is 0 Å². The van der Waals surface area contributed by atoms with E-state index in [0.29, 0.717) is 37.5 Å². The number of carbonyl (C=O) groups is 1. The maximum absolute atomic E-state index is 13.3. The molecular weight excluding hydrogens is 480 g/mol.